The minimum Gasteiger partial charge on any atom is -0.464 e. The van der Waals surface area contributed by atoms with Crippen LogP contribution in [-0.4, -0.2) is 59.6 Å². The van der Waals surface area contributed by atoms with E-state index in [9.17, 15) is 5.11 Å². The lowest BCUT2D eigenvalue weighted by molar-refractivity contribution is 0.0615. The molecule has 1 rings (SSSR count). The van der Waals surface area contributed by atoms with Crippen molar-refractivity contribution in [3.8, 4) is 6.01 Å². The SMILES string of the molecule is CCCNc1nc(NCCC(O)COC)nc(OCC)n1. The van der Waals surface area contributed by atoms with E-state index in [1.165, 1.54) is 0 Å². The van der Waals surface area contributed by atoms with Gasteiger partial charge in [-0.1, -0.05) is 6.92 Å². The highest BCUT2D eigenvalue weighted by Crippen LogP contribution is 2.11. The molecule has 0 saturated carbocycles. The molecule has 8 nitrogen and oxygen atoms in total. The average Bonchev–Trinajstić information content (AvgIpc) is 2.45. The molecule has 1 aromatic rings. The molecule has 0 amide bonds. The van der Waals surface area contributed by atoms with Crippen molar-refractivity contribution in [1.82, 2.24) is 15.0 Å². The van der Waals surface area contributed by atoms with Crippen molar-refractivity contribution in [3.05, 3.63) is 0 Å². The Balaban J connectivity index is 2.59. The third-order valence-corrected chi connectivity index (χ3v) is 2.54. The first kappa shape index (κ1) is 17.4. The number of methoxy groups -OCH3 is 1. The number of hydrogen-bond donors (Lipinski definition) is 3. The molecule has 120 valence electrons. The van der Waals surface area contributed by atoms with Crippen LogP contribution in [0.1, 0.15) is 26.7 Å². The zero-order chi connectivity index (χ0) is 15.5. The van der Waals surface area contributed by atoms with Crippen molar-refractivity contribution in [2.75, 3.05) is 44.0 Å². The zero-order valence-corrected chi connectivity index (χ0v) is 12.9. The molecule has 1 atom stereocenters. The average molecular weight is 299 g/mol. The second-order valence-corrected chi connectivity index (χ2v) is 4.45. The number of aliphatic hydroxyl groups excluding tert-OH is 1. The first-order valence-corrected chi connectivity index (χ1v) is 7.23. The predicted molar refractivity (Wildman–Crippen MR) is 80.8 cm³/mol. The summed E-state index contributed by atoms with van der Waals surface area (Å²) in [5.74, 6) is 0.909. The summed E-state index contributed by atoms with van der Waals surface area (Å²) in [6.45, 7) is 6.05. The molecule has 8 heteroatoms. The lowest BCUT2D eigenvalue weighted by Gasteiger charge is -2.11. The van der Waals surface area contributed by atoms with E-state index in [0.29, 0.717) is 38.1 Å². The van der Waals surface area contributed by atoms with E-state index in [1.54, 1.807) is 7.11 Å². The van der Waals surface area contributed by atoms with E-state index in [-0.39, 0.29) is 6.01 Å². The molecule has 0 aliphatic heterocycles. The number of aromatic nitrogens is 3. The Morgan fingerprint density at radius 3 is 2.33 bits per heavy atom. The maximum atomic E-state index is 9.58. The minimum atomic E-state index is -0.506. The Hall–Kier alpha value is -1.67. The number of rotatable bonds is 11. The van der Waals surface area contributed by atoms with Gasteiger partial charge in [0.1, 0.15) is 0 Å². The van der Waals surface area contributed by atoms with Crippen LogP contribution in [0, 0.1) is 0 Å². The number of aliphatic hydroxyl groups is 1. The molecule has 0 aromatic carbocycles. The summed E-state index contributed by atoms with van der Waals surface area (Å²) in [7, 11) is 1.56. The van der Waals surface area contributed by atoms with Gasteiger partial charge in [-0.05, 0) is 19.8 Å². The molecule has 1 aromatic heterocycles. The summed E-state index contributed by atoms with van der Waals surface area (Å²) in [5, 5.41) is 15.7. The minimum absolute atomic E-state index is 0.283. The van der Waals surface area contributed by atoms with E-state index >= 15 is 0 Å². The molecule has 1 unspecified atom stereocenters. The molecule has 0 bridgehead atoms. The molecular formula is C13H25N5O3. The van der Waals surface area contributed by atoms with Crippen LogP contribution in [0.3, 0.4) is 0 Å². The van der Waals surface area contributed by atoms with Crippen LogP contribution in [0.5, 0.6) is 6.01 Å². The summed E-state index contributed by atoms with van der Waals surface area (Å²) >= 11 is 0. The van der Waals surface area contributed by atoms with Gasteiger partial charge in [-0.3, -0.25) is 0 Å². The van der Waals surface area contributed by atoms with Gasteiger partial charge < -0.3 is 25.2 Å². The molecule has 1 heterocycles. The van der Waals surface area contributed by atoms with Gasteiger partial charge in [-0.2, -0.15) is 15.0 Å². The topological polar surface area (TPSA) is 101 Å². The van der Waals surface area contributed by atoms with Crippen molar-refractivity contribution in [2.45, 2.75) is 32.8 Å². The Kier molecular flexibility index (Phi) is 8.37. The smallest absolute Gasteiger partial charge is 0.323 e. The lowest BCUT2D eigenvalue weighted by Crippen LogP contribution is -2.19. The van der Waals surface area contributed by atoms with E-state index in [2.05, 4.69) is 32.5 Å². The number of anilines is 2. The Bertz CT molecular complexity index is 405. The highest BCUT2D eigenvalue weighted by molar-refractivity contribution is 5.35. The quantitative estimate of drug-likeness (QED) is 0.554. The molecule has 0 radical (unpaired) electrons. The van der Waals surface area contributed by atoms with Crippen molar-refractivity contribution < 1.29 is 14.6 Å². The van der Waals surface area contributed by atoms with Gasteiger partial charge in [-0.25, -0.2) is 0 Å². The normalized spacial score (nSPS) is 12.0. The second-order valence-electron chi connectivity index (χ2n) is 4.45. The maximum Gasteiger partial charge on any atom is 0.323 e. The van der Waals surface area contributed by atoms with Gasteiger partial charge in [0, 0.05) is 20.2 Å². The molecule has 21 heavy (non-hydrogen) atoms. The number of ether oxygens (including phenoxy) is 2. The standard InChI is InChI=1S/C13H25N5O3/c1-4-7-14-11-16-12(18-13(17-11)21-5-2)15-8-6-10(19)9-20-3/h10,19H,4-9H2,1-3H3,(H2,14,15,16,17,18). The van der Waals surface area contributed by atoms with Gasteiger partial charge in [0.2, 0.25) is 11.9 Å². The first-order chi connectivity index (χ1) is 10.2. The third kappa shape index (κ3) is 7.05. The summed E-state index contributed by atoms with van der Waals surface area (Å²) in [6, 6.07) is 0.283. The van der Waals surface area contributed by atoms with E-state index in [1.807, 2.05) is 6.92 Å². The van der Waals surface area contributed by atoms with Gasteiger partial charge in [0.15, 0.2) is 0 Å². The molecule has 0 saturated heterocycles. The fraction of sp³-hybridized carbons (Fsp3) is 0.769. The van der Waals surface area contributed by atoms with Crippen LogP contribution in [0.25, 0.3) is 0 Å². The Labute approximate surface area is 125 Å². The van der Waals surface area contributed by atoms with E-state index in [0.717, 1.165) is 13.0 Å². The van der Waals surface area contributed by atoms with Crippen LogP contribution >= 0.6 is 0 Å². The Morgan fingerprint density at radius 1 is 1.10 bits per heavy atom. The van der Waals surface area contributed by atoms with Crippen molar-refractivity contribution in [1.29, 1.82) is 0 Å². The van der Waals surface area contributed by atoms with Crippen LogP contribution in [0.4, 0.5) is 11.9 Å². The highest BCUT2D eigenvalue weighted by atomic mass is 16.5. The maximum absolute atomic E-state index is 9.58. The molecule has 0 fully saturated rings. The van der Waals surface area contributed by atoms with Crippen molar-refractivity contribution in [3.63, 3.8) is 0 Å². The predicted octanol–water partition coefficient (Wildman–Crippen LogP) is 0.901. The second kappa shape index (κ2) is 10.1. The number of nitrogens with one attached hydrogen (secondary N) is 2. The van der Waals surface area contributed by atoms with Crippen LogP contribution in [0.15, 0.2) is 0 Å². The fourth-order valence-corrected chi connectivity index (χ4v) is 1.57. The molecule has 3 N–H and O–H groups in total. The summed E-state index contributed by atoms with van der Waals surface area (Å²) in [4.78, 5) is 12.6. The lowest BCUT2D eigenvalue weighted by atomic mass is 10.3. The van der Waals surface area contributed by atoms with E-state index in [4.69, 9.17) is 9.47 Å². The van der Waals surface area contributed by atoms with E-state index < -0.39 is 6.10 Å². The highest BCUT2D eigenvalue weighted by Gasteiger charge is 2.08. The summed E-state index contributed by atoms with van der Waals surface area (Å²) < 4.78 is 10.2. The first-order valence-electron chi connectivity index (χ1n) is 7.23. The largest absolute Gasteiger partial charge is 0.464 e. The third-order valence-electron chi connectivity index (χ3n) is 2.54. The van der Waals surface area contributed by atoms with Crippen LogP contribution in [0.2, 0.25) is 0 Å². The number of nitrogens with zero attached hydrogens (tertiary/aromatic N) is 3. The van der Waals surface area contributed by atoms with Crippen LogP contribution in [-0.2, 0) is 4.74 Å². The Morgan fingerprint density at radius 2 is 1.76 bits per heavy atom. The summed E-state index contributed by atoms with van der Waals surface area (Å²) in [5.41, 5.74) is 0. The molecular weight excluding hydrogens is 274 g/mol. The van der Waals surface area contributed by atoms with Gasteiger partial charge in [0.05, 0.1) is 19.3 Å². The fourth-order valence-electron chi connectivity index (χ4n) is 1.57. The van der Waals surface area contributed by atoms with Gasteiger partial charge >= 0.3 is 6.01 Å². The summed E-state index contributed by atoms with van der Waals surface area (Å²) in [6.07, 6.45) is 1.01. The monoisotopic (exact) mass is 299 g/mol. The van der Waals surface area contributed by atoms with Crippen molar-refractivity contribution in [2.24, 2.45) is 0 Å². The van der Waals surface area contributed by atoms with Crippen LogP contribution < -0.4 is 15.4 Å². The van der Waals surface area contributed by atoms with Gasteiger partial charge in [-0.15, -0.1) is 0 Å². The molecule has 0 spiro atoms. The zero-order valence-electron chi connectivity index (χ0n) is 12.9. The van der Waals surface area contributed by atoms with Crippen molar-refractivity contribution >= 4 is 11.9 Å². The molecule has 0 aliphatic rings. The number of hydrogen-bond acceptors (Lipinski definition) is 8. The molecule has 0 aliphatic carbocycles. The van der Waals surface area contributed by atoms with Gasteiger partial charge in [0.25, 0.3) is 0 Å².